The van der Waals surface area contributed by atoms with Crippen molar-refractivity contribution in [3.05, 3.63) is 114 Å². The van der Waals surface area contributed by atoms with Gasteiger partial charge >= 0.3 is 0 Å². The molecule has 2 aromatic heterocycles. The first kappa shape index (κ1) is 26.1. The molecule has 0 aliphatic carbocycles. The van der Waals surface area contributed by atoms with E-state index in [4.69, 9.17) is 4.74 Å². The monoisotopic (exact) mass is 543 g/mol. The molecule has 0 spiro atoms. The number of ether oxygens (including phenoxy) is 1. The van der Waals surface area contributed by atoms with Crippen molar-refractivity contribution >= 4 is 32.7 Å². The highest BCUT2D eigenvalue weighted by molar-refractivity contribution is 7.90. The second kappa shape index (κ2) is 10.7. The van der Waals surface area contributed by atoms with Crippen LogP contribution in [0.15, 0.2) is 96.2 Å². The number of aryl methyl sites for hydroxylation is 3. The van der Waals surface area contributed by atoms with Gasteiger partial charge in [0.05, 0.1) is 10.3 Å². The molecule has 7 nitrogen and oxygen atoms in total. The summed E-state index contributed by atoms with van der Waals surface area (Å²) in [6, 6.07) is 21.8. The van der Waals surface area contributed by atoms with Crippen LogP contribution in [-0.4, -0.2) is 23.3 Å². The van der Waals surface area contributed by atoms with Crippen LogP contribution in [0.5, 0.6) is 11.5 Å². The highest BCUT2D eigenvalue weighted by Crippen LogP contribution is 2.35. The minimum absolute atomic E-state index is 0.0199. The molecule has 5 rings (SSSR count). The molecule has 0 saturated carbocycles. The number of halogens is 1. The van der Waals surface area contributed by atoms with E-state index in [9.17, 15) is 13.2 Å². The van der Waals surface area contributed by atoms with Crippen LogP contribution in [0.1, 0.15) is 23.1 Å². The summed E-state index contributed by atoms with van der Waals surface area (Å²) in [4.78, 5) is 16.7. The number of benzene rings is 3. The summed E-state index contributed by atoms with van der Waals surface area (Å²) < 4.78 is 48.7. The predicted molar refractivity (Wildman–Crippen MR) is 148 cm³/mol. The van der Waals surface area contributed by atoms with Crippen molar-refractivity contribution in [3.63, 3.8) is 0 Å². The molecule has 0 fully saturated rings. The van der Waals surface area contributed by atoms with Crippen LogP contribution in [0.25, 0.3) is 11.0 Å². The number of hydrogen-bond donors (Lipinski definition) is 1. The maximum absolute atomic E-state index is 15.0. The van der Waals surface area contributed by atoms with E-state index in [1.807, 2.05) is 25.1 Å². The van der Waals surface area contributed by atoms with Gasteiger partial charge in [-0.05, 0) is 73.9 Å². The van der Waals surface area contributed by atoms with Gasteiger partial charge in [-0.3, -0.25) is 4.79 Å². The highest BCUT2D eigenvalue weighted by Gasteiger charge is 2.23. The Labute approximate surface area is 225 Å². The topological polar surface area (TPSA) is 90.3 Å². The van der Waals surface area contributed by atoms with Gasteiger partial charge in [0.25, 0.3) is 10.0 Å². The Kier molecular flexibility index (Phi) is 7.17. The number of nitrogens with one attached hydrogen (secondary N) is 1. The number of anilines is 1. The molecule has 3 aromatic carbocycles. The fourth-order valence-corrected chi connectivity index (χ4v) is 5.64. The number of pyridine rings is 1. The molecule has 0 saturated heterocycles. The molecule has 0 atom stereocenters. The van der Waals surface area contributed by atoms with Crippen LogP contribution in [-0.2, 0) is 21.2 Å². The second-order valence-electron chi connectivity index (χ2n) is 9.21. The summed E-state index contributed by atoms with van der Waals surface area (Å²) in [5.74, 6) is -0.496. The summed E-state index contributed by atoms with van der Waals surface area (Å²) in [5.41, 5.74) is 3.10. The Morgan fingerprint density at radius 3 is 2.44 bits per heavy atom. The maximum atomic E-state index is 15.0. The normalized spacial score (nSPS) is 11.5. The van der Waals surface area contributed by atoms with Crippen molar-refractivity contribution in [2.75, 3.05) is 5.32 Å². The third-order valence-electron chi connectivity index (χ3n) is 6.30. The lowest BCUT2D eigenvalue weighted by Gasteiger charge is -2.11. The van der Waals surface area contributed by atoms with Crippen molar-refractivity contribution in [1.82, 2.24) is 8.96 Å². The molecule has 0 bridgehead atoms. The van der Waals surface area contributed by atoms with Gasteiger partial charge in [-0.25, -0.2) is 21.8 Å². The summed E-state index contributed by atoms with van der Waals surface area (Å²) in [7, 11) is -3.91. The first-order chi connectivity index (χ1) is 18.7. The van der Waals surface area contributed by atoms with Crippen LogP contribution >= 0.6 is 0 Å². The van der Waals surface area contributed by atoms with Crippen LogP contribution in [0.4, 0.5) is 10.1 Å². The van der Waals surface area contributed by atoms with Gasteiger partial charge in [-0.15, -0.1) is 0 Å². The molecule has 2 heterocycles. The number of rotatable bonds is 8. The van der Waals surface area contributed by atoms with Crippen molar-refractivity contribution in [3.8, 4) is 11.5 Å². The molecule has 0 aliphatic heterocycles. The van der Waals surface area contributed by atoms with Crippen LogP contribution in [0, 0.1) is 19.7 Å². The smallest absolute Gasteiger partial charge is 0.269 e. The standard InChI is InChI=1S/C30H26FN3O4S/c1-20-8-12-24(13-9-20)39(36,37)34-19-21(2)29-27(16-17-32-30(29)34)38-26-14-10-22(18-25(26)31)11-15-28(35)33-23-6-4-3-5-7-23/h3-10,12-14,16-19H,11,15H2,1-2H3,(H,33,35). The molecule has 0 radical (unpaired) electrons. The van der Waals surface area contributed by atoms with E-state index in [1.165, 1.54) is 24.5 Å². The third-order valence-corrected chi connectivity index (χ3v) is 7.96. The largest absolute Gasteiger partial charge is 0.453 e. The van der Waals surface area contributed by atoms with Crippen molar-refractivity contribution < 1.29 is 22.3 Å². The Morgan fingerprint density at radius 1 is 0.974 bits per heavy atom. The van der Waals surface area contributed by atoms with Gasteiger partial charge in [0.15, 0.2) is 17.2 Å². The van der Waals surface area contributed by atoms with E-state index < -0.39 is 15.8 Å². The summed E-state index contributed by atoms with van der Waals surface area (Å²) in [6.45, 7) is 3.63. The molecule has 39 heavy (non-hydrogen) atoms. The Balaban J connectivity index is 1.36. The van der Waals surface area contributed by atoms with E-state index >= 15 is 4.39 Å². The van der Waals surface area contributed by atoms with Crippen molar-refractivity contribution in [2.45, 2.75) is 31.6 Å². The van der Waals surface area contributed by atoms with Gasteiger partial charge in [0.2, 0.25) is 5.91 Å². The van der Waals surface area contributed by atoms with E-state index in [0.717, 1.165) is 9.54 Å². The molecular weight excluding hydrogens is 517 g/mol. The van der Waals surface area contributed by atoms with Crippen LogP contribution in [0.2, 0.25) is 0 Å². The third kappa shape index (κ3) is 5.53. The van der Waals surface area contributed by atoms with Gasteiger partial charge in [-0.1, -0.05) is 42.0 Å². The SMILES string of the molecule is Cc1ccc(S(=O)(=O)n2cc(C)c3c(Oc4ccc(CCC(=O)Nc5ccccc5)cc4F)ccnc32)cc1. The van der Waals surface area contributed by atoms with Gasteiger partial charge in [-0.2, -0.15) is 0 Å². The number of carbonyl (C=O) groups is 1. The first-order valence-corrected chi connectivity index (χ1v) is 13.8. The molecule has 9 heteroatoms. The summed E-state index contributed by atoms with van der Waals surface area (Å²) in [5, 5.41) is 3.28. The lowest BCUT2D eigenvalue weighted by Crippen LogP contribution is -2.12. The van der Waals surface area contributed by atoms with Crippen molar-refractivity contribution in [1.29, 1.82) is 0 Å². The molecule has 0 unspecified atom stereocenters. The second-order valence-corrected chi connectivity index (χ2v) is 11.0. The fraction of sp³-hybridized carbons (Fsp3) is 0.133. The van der Waals surface area contributed by atoms with Gasteiger partial charge < -0.3 is 10.1 Å². The number of carbonyl (C=O) groups excluding carboxylic acids is 1. The van der Waals surface area contributed by atoms with E-state index in [0.29, 0.717) is 28.6 Å². The minimum Gasteiger partial charge on any atom is -0.453 e. The number of amides is 1. The zero-order chi connectivity index (χ0) is 27.6. The Hall–Kier alpha value is -4.50. The number of para-hydroxylation sites is 1. The van der Waals surface area contributed by atoms with Crippen LogP contribution < -0.4 is 10.1 Å². The lowest BCUT2D eigenvalue weighted by molar-refractivity contribution is -0.116. The Bertz CT molecular complexity index is 1770. The quantitative estimate of drug-likeness (QED) is 0.245. The molecule has 5 aromatic rings. The highest BCUT2D eigenvalue weighted by atomic mass is 32.2. The molecule has 1 amide bonds. The van der Waals surface area contributed by atoms with Crippen LogP contribution in [0.3, 0.4) is 0 Å². The average molecular weight is 544 g/mol. The average Bonchev–Trinajstić information content (AvgIpc) is 3.28. The molecule has 198 valence electrons. The Morgan fingerprint density at radius 2 is 1.72 bits per heavy atom. The van der Waals surface area contributed by atoms with E-state index in [2.05, 4.69) is 10.3 Å². The zero-order valence-corrected chi connectivity index (χ0v) is 22.2. The summed E-state index contributed by atoms with van der Waals surface area (Å²) in [6.07, 6.45) is 3.46. The molecular formula is C30H26FN3O4S. The fourth-order valence-electron chi connectivity index (χ4n) is 4.27. The minimum atomic E-state index is -3.91. The zero-order valence-electron chi connectivity index (χ0n) is 21.4. The lowest BCUT2D eigenvalue weighted by atomic mass is 10.1. The maximum Gasteiger partial charge on any atom is 0.269 e. The number of aromatic nitrogens is 2. The van der Waals surface area contributed by atoms with Gasteiger partial charge in [0.1, 0.15) is 5.75 Å². The molecule has 0 aliphatic rings. The van der Waals surface area contributed by atoms with E-state index in [1.54, 1.807) is 55.5 Å². The molecule has 1 N–H and O–H groups in total. The summed E-state index contributed by atoms with van der Waals surface area (Å²) >= 11 is 0. The van der Waals surface area contributed by atoms with Gasteiger partial charge in [0, 0.05) is 24.5 Å². The number of nitrogens with zero attached hydrogens (tertiary/aromatic N) is 2. The predicted octanol–water partition coefficient (Wildman–Crippen LogP) is 6.39. The number of fused-ring (bicyclic) bond motifs is 1. The van der Waals surface area contributed by atoms with Crippen molar-refractivity contribution in [2.24, 2.45) is 0 Å². The van der Waals surface area contributed by atoms with E-state index in [-0.39, 0.29) is 34.4 Å². The number of hydrogen-bond acceptors (Lipinski definition) is 5. The first-order valence-electron chi connectivity index (χ1n) is 12.3.